The first kappa shape index (κ1) is 14.5. The van der Waals surface area contributed by atoms with Crippen LogP contribution in [0.3, 0.4) is 0 Å². The zero-order valence-corrected chi connectivity index (χ0v) is 11.8. The molecule has 2 nitrogen and oxygen atoms in total. The first-order valence-corrected chi connectivity index (χ1v) is 7.17. The number of aliphatic hydroxyl groups is 1. The van der Waals surface area contributed by atoms with Crippen LogP contribution in [0.1, 0.15) is 56.3 Å². The van der Waals surface area contributed by atoms with Crippen LogP contribution < -0.4 is 0 Å². The van der Waals surface area contributed by atoms with Gasteiger partial charge in [-0.2, -0.15) is 0 Å². The van der Waals surface area contributed by atoms with Crippen LogP contribution in [0.25, 0.3) is 0 Å². The maximum atomic E-state index is 13.4. The smallest absolute Gasteiger partial charge is 0.123 e. The fraction of sp³-hybridized carbons (Fsp3) is 0.625. The van der Waals surface area contributed by atoms with Crippen molar-refractivity contribution in [3.63, 3.8) is 0 Å². The number of hydrogen-bond donors (Lipinski definition) is 1. The number of hydrogen-bond acceptors (Lipinski definition) is 2. The Morgan fingerprint density at radius 2 is 2.00 bits per heavy atom. The van der Waals surface area contributed by atoms with E-state index in [1.807, 2.05) is 13.8 Å². The standard InChI is InChI=1S/C16H23FO2/c1-3-19-16(9-5-4-6-10-16)15(18)14-11-13(17)8-7-12(14)2/h7-8,11,15,18H,3-6,9-10H2,1-2H3. The zero-order chi connectivity index (χ0) is 13.9. The third kappa shape index (κ3) is 2.98. The quantitative estimate of drug-likeness (QED) is 0.895. The van der Waals surface area contributed by atoms with E-state index in [1.54, 1.807) is 6.07 Å². The largest absolute Gasteiger partial charge is 0.385 e. The fourth-order valence-corrected chi connectivity index (χ4v) is 3.12. The van der Waals surface area contributed by atoms with Gasteiger partial charge in [-0.05, 0) is 49.9 Å². The number of rotatable bonds is 4. The van der Waals surface area contributed by atoms with Gasteiger partial charge >= 0.3 is 0 Å². The van der Waals surface area contributed by atoms with Crippen molar-refractivity contribution in [1.82, 2.24) is 0 Å². The highest BCUT2D eigenvalue weighted by atomic mass is 19.1. The minimum Gasteiger partial charge on any atom is -0.385 e. The van der Waals surface area contributed by atoms with E-state index in [0.717, 1.165) is 31.2 Å². The predicted octanol–water partition coefficient (Wildman–Crippen LogP) is 3.91. The lowest BCUT2D eigenvalue weighted by Gasteiger charge is -2.41. The Hall–Kier alpha value is -0.930. The van der Waals surface area contributed by atoms with Crippen molar-refractivity contribution in [3.05, 3.63) is 35.1 Å². The lowest BCUT2D eigenvalue weighted by molar-refractivity contribution is -0.142. The van der Waals surface area contributed by atoms with Gasteiger partial charge in [-0.25, -0.2) is 4.39 Å². The minimum absolute atomic E-state index is 0.304. The van der Waals surface area contributed by atoms with E-state index in [1.165, 1.54) is 18.6 Å². The SMILES string of the molecule is CCOC1(C(O)c2cc(F)ccc2C)CCCCC1. The Labute approximate surface area is 114 Å². The number of benzene rings is 1. The van der Waals surface area contributed by atoms with Crippen LogP contribution >= 0.6 is 0 Å². The molecule has 2 rings (SSSR count). The summed E-state index contributed by atoms with van der Waals surface area (Å²) in [5, 5.41) is 10.7. The summed E-state index contributed by atoms with van der Waals surface area (Å²) in [4.78, 5) is 0. The molecule has 1 aromatic rings. The monoisotopic (exact) mass is 266 g/mol. The third-order valence-corrected chi connectivity index (χ3v) is 4.17. The summed E-state index contributed by atoms with van der Waals surface area (Å²) in [6.45, 7) is 4.42. The van der Waals surface area contributed by atoms with Crippen molar-refractivity contribution in [2.75, 3.05) is 6.61 Å². The molecular formula is C16H23FO2. The maximum absolute atomic E-state index is 13.4. The van der Waals surface area contributed by atoms with Crippen LogP contribution in [0.15, 0.2) is 18.2 Å². The highest BCUT2D eigenvalue weighted by Gasteiger charge is 2.41. The summed E-state index contributed by atoms with van der Waals surface area (Å²) in [6, 6.07) is 4.59. The Morgan fingerprint density at radius 1 is 1.32 bits per heavy atom. The lowest BCUT2D eigenvalue weighted by atomic mass is 9.77. The van der Waals surface area contributed by atoms with Crippen LogP contribution in [-0.4, -0.2) is 17.3 Å². The summed E-state index contributed by atoms with van der Waals surface area (Å²) in [5.74, 6) is -0.304. The molecule has 1 fully saturated rings. The molecule has 1 aromatic carbocycles. The topological polar surface area (TPSA) is 29.5 Å². The molecule has 1 saturated carbocycles. The summed E-state index contributed by atoms with van der Waals surface area (Å²) >= 11 is 0. The second-order valence-electron chi connectivity index (χ2n) is 5.46. The molecule has 1 unspecified atom stereocenters. The summed E-state index contributed by atoms with van der Waals surface area (Å²) < 4.78 is 19.3. The molecule has 1 aliphatic carbocycles. The second-order valence-corrected chi connectivity index (χ2v) is 5.46. The van der Waals surface area contributed by atoms with Gasteiger partial charge in [0.2, 0.25) is 0 Å². The van der Waals surface area contributed by atoms with E-state index >= 15 is 0 Å². The summed E-state index contributed by atoms with van der Waals surface area (Å²) in [5.41, 5.74) is 1.04. The van der Waals surface area contributed by atoms with Gasteiger partial charge in [0.15, 0.2) is 0 Å². The van der Waals surface area contributed by atoms with Gasteiger partial charge in [0.25, 0.3) is 0 Å². The summed E-state index contributed by atoms with van der Waals surface area (Å²) in [7, 11) is 0. The number of ether oxygens (including phenoxy) is 1. The van der Waals surface area contributed by atoms with E-state index in [0.29, 0.717) is 12.2 Å². The van der Waals surface area contributed by atoms with Gasteiger partial charge in [0, 0.05) is 6.61 Å². The van der Waals surface area contributed by atoms with Crippen molar-refractivity contribution in [1.29, 1.82) is 0 Å². The Balaban J connectivity index is 2.32. The molecule has 0 radical (unpaired) electrons. The molecule has 0 amide bonds. The Morgan fingerprint density at radius 3 is 2.63 bits per heavy atom. The van der Waals surface area contributed by atoms with Crippen molar-refractivity contribution in [3.8, 4) is 0 Å². The van der Waals surface area contributed by atoms with E-state index in [4.69, 9.17) is 4.74 Å². The van der Waals surface area contributed by atoms with Crippen molar-refractivity contribution < 1.29 is 14.2 Å². The van der Waals surface area contributed by atoms with Gasteiger partial charge in [-0.1, -0.05) is 25.3 Å². The second kappa shape index (κ2) is 6.02. The van der Waals surface area contributed by atoms with Crippen LogP contribution in [0.4, 0.5) is 4.39 Å². The first-order chi connectivity index (χ1) is 9.09. The molecule has 1 N–H and O–H groups in total. The number of aryl methyl sites for hydroxylation is 1. The molecular weight excluding hydrogens is 243 g/mol. The molecule has 106 valence electrons. The summed E-state index contributed by atoms with van der Waals surface area (Å²) in [6.07, 6.45) is 4.25. The average molecular weight is 266 g/mol. The molecule has 0 bridgehead atoms. The maximum Gasteiger partial charge on any atom is 0.123 e. The van der Waals surface area contributed by atoms with Crippen LogP contribution in [0.5, 0.6) is 0 Å². The molecule has 3 heteroatoms. The molecule has 0 saturated heterocycles. The van der Waals surface area contributed by atoms with Gasteiger partial charge in [0.05, 0.1) is 5.60 Å². The normalized spacial score (nSPS) is 20.2. The van der Waals surface area contributed by atoms with E-state index in [2.05, 4.69) is 0 Å². The predicted molar refractivity (Wildman–Crippen MR) is 73.5 cm³/mol. The van der Waals surface area contributed by atoms with Crippen LogP contribution in [0.2, 0.25) is 0 Å². The zero-order valence-electron chi connectivity index (χ0n) is 11.8. The third-order valence-electron chi connectivity index (χ3n) is 4.17. The molecule has 0 aromatic heterocycles. The molecule has 19 heavy (non-hydrogen) atoms. The van der Waals surface area contributed by atoms with Gasteiger partial charge in [0.1, 0.15) is 11.9 Å². The van der Waals surface area contributed by atoms with Crippen LogP contribution in [-0.2, 0) is 4.74 Å². The average Bonchev–Trinajstić information content (AvgIpc) is 2.42. The highest BCUT2D eigenvalue weighted by molar-refractivity contribution is 5.30. The van der Waals surface area contributed by atoms with Gasteiger partial charge < -0.3 is 9.84 Å². The first-order valence-electron chi connectivity index (χ1n) is 7.17. The number of aliphatic hydroxyl groups excluding tert-OH is 1. The lowest BCUT2D eigenvalue weighted by Crippen LogP contribution is -2.41. The number of halogens is 1. The Bertz CT molecular complexity index is 419. The minimum atomic E-state index is -0.747. The fourth-order valence-electron chi connectivity index (χ4n) is 3.12. The molecule has 0 spiro atoms. The van der Waals surface area contributed by atoms with Crippen LogP contribution in [0, 0.1) is 12.7 Å². The van der Waals surface area contributed by atoms with Crippen molar-refractivity contribution >= 4 is 0 Å². The van der Waals surface area contributed by atoms with E-state index in [-0.39, 0.29) is 5.82 Å². The van der Waals surface area contributed by atoms with Gasteiger partial charge in [-0.3, -0.25) is 0 Å². The van der Waals surface area contributed by atoms with E-state index in [9.17, 15) is 9.50 Å². The molecule has 1 atom stereocenters. The molecule has 0 heterocycles. The highest BCUT2D eigenvalue weighted by Crippen LogP contribution is 2.42. The Kier molecular flexibility index (Phi) is 4.58. The van der Waals surface area contributed by atoms with E-state index < -0.39 is 11.7 Å². The molecule has 1 aliphatic rings. The molecule has 0 aliphatic heterocycles. The van der Waals surface area contributed by atoms with Gasteiger partial charge in [-0.15, -0.1) is 0 Å². The van der Waals surface area contributed by atoms with Crippen molar-refractivity contribution in [2.24, 2.45) is 0 Å². The van der Waals surface area contributed by atoms with Crippen molar-refractivity contribution in [2.45, 2.75) is 57.7 Å².